The molecule has 0 saturated heterocycles. The number of benzene rings is 1. The Kier molecular flexibility index (Phi) is 6.48. The number of pyridine rings is 1. The number of nitrogens with zero attached hydrogens (tertiary/aromatic N) is 2. The van der Waals surface area contributed by atoms with Gasteiger partial charge in [-0.2, -0.15) is 13.2 Å². The van der Waals surface area contributed by atoms with Crippen LogP contribution < -0.4 is 5.32 Å². The largest absolute Gasteiger partial charge is 0.433 e. The van der Waals surface area contributed by atoms with Crippen molar-refractivity contribution in [1.82, 2.24) is 9.97 Å². The van der Waals surface area contributed by atoms with Crippen LogP contribution in [0.5, 0.6) is 0 Å². The van der Waals surface area contributed by atoms with Crippen LogP contribution in [-0.4, -0.2) is 27.3 Å². The van der Waals surface area contributed by atoms with Crippen LogP contribution in [0.1, 0.15) is 72.2 Å². The Morgan fingerprint density at radius 1 is 1.15 bits per heavy atom. The summed E-state index contributed by atoms with van der Waals surface area (Å²) in [6.45, 7) is 3.11. The number of rotatable bonds is 5. The van der Waals surface area contributed by atoms with Crippen LogP contribution in [0.4, 0.5) is 18.9 Å². The summed E-state index contributed by atoms with van der Waals surface area (Å²) in [7, 11) is 0. The molecule has 0 unspecified atom stereocenters. The fourth-order valence-electron chi connectivity index (χ4n) is 4.18. The summed E-state index contributed by atoms with van der Waals surface area (Å²) in [5.74, 6) is -0.474. The van der Waals surface area contributed by atoms with Crippen molar-refractivity contribution in [3.8, 4) is 0 Å². The number of carbonyl (C=O) groups is 2. The fourth-order valence-corrected chi connectivity index (χ4v) is 5.34. The number of amides is 1. The van der Waals surface area contributed by atoms with Crippen LogP contribution in [0, 0.1) is 5.92 Å². The first kappa shape index (κ1) is 24.3. The van der Waals surface area contributed by atoms with Gasteiger partial charge in [0.2, 0.25) is 0 Å². The molecule has 1 fully saturated rings. The normalized spacial score (nSPS) is 19.2. The van der Waals surface area contributed by atoms with E-state index in [1.165, 1.54) is 17.4 Å². The second-order valence-electron chi connectivity index (χ2n) is 9.08. The van der Waals surface area contributed by atoms with Crippen LogP contribution in [0.25, 0.3) is 10.2 Å². The van der Waals surface area contributed by atoms with Gasteiger partial charge in [0.25, 0.3) is 5.91 Å². The molecule has 4 rings (SSSR count). The Hall–Kier alpha value is -2.85. The number of anilines is 1. The van der Waals surface area contributed by atoms with Gasteiger partial charge in [0.15, 0.2) is 0 Å². The van der Waals surface area contributed by atoms with E-state index in [2.05, 4.69) is 10.3 Å². The molecule has 1 aromatic carbocycles. The minimum Gasteiger partial charge on any atom is -0.386 e. The molecule has 10 heteroatoms. The maximum Gasteiger partial charge on any atom is 0.433 e. The number of aliphatic hydroxyl groups is 1. The molecule has 1 aliphatic rings. The molecule has 0 radical (unpaired) electrons. The van der Waals surface area contributed by atoms with Crippen molar-refractivity contribution in [2.75, 3.05) is 5.32 Å². The van der Waals surface area contributed by atoms with Gasteiger partial charge < -0.3 is 15.2 Å². The summed E-state index contributed by atoms with van der Waals surface area (Å²) >= 11 is 1.48. The van der Waals surface area contributed by atoms with Crippen molar-refractivity contribution in [1.29, 1.82) is 0 Å². The highest BCUT2D eigenvalue weighted by molar-refractivity contribution is 7.18. The molecule has 6 nitrogen and oxygen atoms in total. The number of alkyl halides is 3. The zero-order valence-corrected chi connectivity index (χ0v) is 19.5. The van der Waals surface area contributed by atoms with Crippen molar-refractivity contribution >= 4 is 39.4 Å². The van der Waals surface area contributed by atoms with E-state index in [1.54, 1.807) is 26.0 Å². The average molecular weight is 492 g/mol. The third-order valence-corrected chi connectivity index (χ3v) is 7.22. The molecule has 0 spiro atoms. The Bertz CT molecular complexity index is 1230. The molecular formula is C24H24F3N3O3S. The van der Waals surface area contributed by atoms with Gasteiger partial charge >= 0.3 is 6.18 Å². The molecule has 34 heavy (non-hydrogen) atoms. The monoisotopic (exact) mass is 491 g/mol. The maximum absolute atomic E-state index is 13.0. The Balaban J connectivity index is 1.66. The standard InChI is InChI=1S/C24H24F3N3O3S/c1-23(2,33)15-10-18-19(34-22(30-18)14-8-6-13(12-31)7-9-14)11-17(15)29-21(32)16-4-3-5-20(28-16)24(25,26)27/h3-5,10-14,33H,6-9H2,1-2H3,(H,29,32). The van der Waals surface area contributed by atoms with E-state index < -0.39 is 23.4 Å². The van der Waals surface area contributed by atoms with Crippen molar-refractivity contribution < 1.29 is 27.9 Å². The van der Waals surface area contributed by atoms with E-state index in [9.17, 15) is 27.9 Å². The molecule has 2 N–H and O–H groups in total. The molecule has 0 bridgehead atoms. The van der Waals surface area contributed by atoms with Gasteiger partial charge in [-0.25, -0.2) is 9.97 Å². The van der Waals surface area contributed by atoms with Crippen molar-refractivity contribution in [2.24, 2.45) is 5.92 Å². The highest BCUT2D eigenvalue weighted by Gasteiger charge is 2.33. The topological polar surface area (TPSA) is 92.2 Å². The number of fused-ring (bicyclic) bond motifs is 1. The predicted molar refractivity (Wildman–Crippen MR) is 123 cm³/mol. The van der Waals surface area contributed by atoms with Crippen molar-refractivity contribution in [2.45, 2.75) is 57.2 Å². The summed E-state index contributed by atoms with van der Waals surface area (Å²) in [5.41, 5.74) is -1.54. The molecular weight excluding hydrogens is 467 g/mol. The van der Waals surface area contributed by atoms with Crippen LogP contribution in [0.15, 0.2) is 30.3 Å². The van der Waals surface area contributed by atoms with Crippen molar-refractivity contribution in [3.05, 3.63) is 52.3 Å². The molecule has 1 saturated carbocycles. The lowest BCUT2D eigenvalue weighted by molar-refractivity contribution is -0.141. The third kappa shape index (κ3) is 5.12. The smallest absolute Gasteiger partial charge is 0.386 e. The van der Waals surface area contributed by atoms with E-state index in [-0.39, 0.29) is 23.2 Å². The predicted octanol–water partition coefficient (Wildman–Crippen LogP) is 5.66. The highest BCUT2D eigenvalue weighted by Crippen LogP contribution is 2.41. The van der Waals surface area contributed by atoms with Gasteiger partial charge in [-0.05, 0) is 63.8 Å². The number of aldehydes is 1. The molecule has 180 valence electrons. The van der Waals surface area contributed by atoms with Crippen LogP contribution in [-0.2, 0) is 16.6 Å². The number of carbonyl (C=O) groups excluding carboxylic acids is 2. The van der Waals surface area contributed by atoms with Gasteiger partial charge in [0.1, 0.15) is 17.7 Å². The van der Waals surface area contributed by atoms with E-state index >= 15 is 0 Å². The van der Waals surface area contributed by atoms with Gasteiger partial charge in [-0.15, -0.1) is 11.3 Å². The number of hydrogen-bond acceptors (Lipinski definition) is 6. The molecule has 3 aromatic rings. The fraction of sp³-hybridized carbons (Fsp3) is 0.417. The quantitative estimate of drug-likeness (QED) is 0.449. The molecule has 1 amide bonds. The minimum absolute atomic E-state index is 0.0960. The van der Waals surface area contributed by atoms with E-state index in [0.717, 1.165) is 53.8 Å². The lowest BCUT2D eigenvalue weighted by Gasteiger charge is -2.23. The number of thiazole rings is 1. The minimum atomic E-state index is -4.67. The molecule has 1 aliphatic carbocycles. The van der Waals surface area contributed by atoms with Gasteiger partial charge in [0, 0.05) is 23.1 Å². The van der Waals surface area contributed by atoms with Gasteiger partial charge in [-0.3, -0.25) is 4.79 Å². The zero-order chi connectivity index (χ0) is 24.7. The zero-order valence-electron chi connectivity index (χ0n) is 18.6. The SMILES string of the molecule is CC(C)(O)c1cc2nc(C3CCC(C=O)CC3)sc2cc1NC(=O)c1cccc(C(F)(F)F)n1. The summed E-state index contributed by atoms with van der Waals surface area (Å²) < 4.78 is 39.8. The number of hydrogen-bond donors (Lipinski definition) is 2. The Morgan fingerprint density at radius 3 is 2.47 bits per heavy atom. The first-order valence-corrected chi connectivity index (χ1v) is 11.8. The molecule has 0 atom stereocenters. The summed E-state index contributed by atoms with van der Waals surface area (Å²) in [6.07, 6.45) is -0.275. The summed E-state index contributed by atoms with van der Waals surface area (Å²) in [5, 5.41) is 14.3. The van der Waals surface area contributed by atoms with Crippen LogP contribution in [0.3, 0.4) is 0 Å². The van der Waals surface area contributed by atoms with E-state index in [4.69, 9.17) is 4.98 Å². The number of nitrogens with one attached hydrogen (secondary N) is 1. The summed E-state index contributed by atoms with van der Waals surface area (Å²) in [6, 6.07) is 6.51. The lowest BCUT2D eigenvalue weighted by atomic mass is 9.83. The second kappa shape index (κ2) is 9.07. The Labute approximate surface area is 198 Å². The van der Waals surface area contributed by atoms with Gasteiger partial charge in [0.05, 0.1) is 20.8 Å². The molecule has 2 aromatic heterocycles. The van der Waals surface area contributed by atoms with Gasteiger partial charge in [-0.1, -0.05) is 6.07 Å². The average Bonchev–Trinajstić information content (AvgIpc) is 3.20. The van der Waals surface area contributed by atoms with Crippen LogP contribution >= 0.6 is 11.3 Å². The first-order valence-electron chi connectivity index (χ1n) is 10.9. The summed E-state index contributed by atoms with van der Waals surface area (Å²) in [4.78, 5) is 32.0. The molecule has 2 heterocycles. The number of aromatic nitrogens is 2. The Morgan fingerprint density at radius 2 is 1.85 bits per heavy atom. The number of halogens is 3. The second-order valence-corrected chi connectivity index (χ2v) is 10.1. The first-order chi connectivity index (χ1) is 16.0. The third-order valence-electron chi connectivity index (χ3n) is 6.04. The van der Waals surface area contributed by atoms with E-state index in [1.807, 2.05) is 0 Å². The highest BCUT2D eigenvalue weighted by atomic mass is 32.1. The molecule has 0 aliphatic heterocycles. The lowest BCUT2D eigenvalue weighted by Crippen LogP contribution is -2.22. The van der Waals surface area contributed by atoms with E-state index in [0.29, 0.717) is 11.1 Å². The maximum atomic E-state index is 13.0. The van der Waals surface area contributed by atoms with Crippen molar-refractivity contribution in [3.63, 3.8) is 0 Å². The van der Waals surface area contributed by atoms with Crippen LogP contribution in [0.2, 0.25) is 0 Å².